The minimum atomic E-state index is -0.379. The molecule has 1 aromatic heterocycles. The average Bonchev–Trinajstić information content (AvgIpc) is 2.96. The Morgan fingerprint density at radius 2 is 2.08 bits per heavy atom. The highest BCUT2D eigenvalue weighted by atomic mass is 32.1. The molecular weight excluding hydrogens is 318 g/mol. The van der Waals surface area contributed by atoms with Crippen LogP contribution in [-0.4, -0.2) is 28.5 Å². The van der Waals surface area contributed by atoms with Gasteiger partial charge in [0.25, 0.3) is 0 Å². The van der Waals surface area contributed by atoms with E-state index in [9.17, 15) is 5.11 Å². The first-order valence-electron chi connectivity index (χ1n) is 9.13. The Kier molecular flexibility index (Phi) is 4.25. The Hall–Kier alpha value is -0.860. The fourth-order valence-electron chi connectivity index (χ4n) is 5.94. The normalized spacial score (nSPS) is 38.0. The number of hydrogen-bond donors (Lipinski definition) is 3. The molecule has 0 aliphatic heterocycles. The fraction of sp³-hybridized carbons (Fsp3) is 0.700. The molecule has 4 bridgehead atoms. The van der Waals surface area contributed by atoms with Crippen LogP contribution in [0, 0.1) is 29.1 Å². The average molecular weight is 346 g/mol. The van der Waals surface area contributed by atoms with E-state index in [-0.39, 0.29) is 17.6 Å². The molecule has 24 heavy (non-hydrogen) atoms. The molecular formula is C20H27NO2S. The van der Waals surface area contributed by atoms with E-state index in [1.807, 2.05) is 0 Å². The molecule has 0 aromatic carbocycles. The number of aliphatic hydroxyl groups excluding tert-OH is 1. The molecule has 3 N–H and O–H groups in total. The smallest absolute Gasteiger partial charge is 0.104 e. The molecule has 0 amide bonds. The standard InChI is InChI=1S/C20H27NO2S/c1-14(21-11-18-6-15(12-24-18)3-2-4-22)19-7-16-5-17(8-19)10-20(23,9-16)13-19/h6,12,14,16-17,21-23H,4-5,7-11,13H2,1H3. The summed E-state index contributed by atoms with van der Waals surface area (Å²) in [6.45, 7) is 3.09. The second-order valence-corrected chi connectivity index (χ2v) is 9.41. The molecule has 4 heteroatoms. The van der Waals surface area contributed by atoms with Gasteiger partial charge < -0.3 is 15.5 Å². The molecule has 3 atom stereocenters. The topological polar surface area (TPSA) is 52.5 Å². The maximum absolute atomic E-state index is 10.9. The summed E-state index contributed by atoms with van der Waals surface area (Å²) < 4.78 is 0. The van der Waals surface area contributed by atoms with Gasteiger partial charge in [-0.05, 0) is 68.8 Å². The predicted molar refractivity (Wildman–Crippen MR) is 96.6 cm³/mol. The maximum Gasteiger partial charge on any atom is 0.104 e. The third kappa shape index (κ3) is 3.04. The number of thiophene rings is 1. The van der Waals surface area contributed by atoms with Crippen LogP contribution in [0.25, 0.3) is 0 Å². The van der Waals surface area contributed by atoms with Crippen molar-refractivity contribution >= 4 is 11.3 Å². The van der Waals surface area contributed by atoms with Crippen molar-refractivity contribution in [3.63, 3.8) is 0 Å². The second-order valence-electron chi connectivity index (χ2n) is 8.41. The fourth-order valence-corrected chi connectivity index (χ4v) is 6.71. The van der Waals surface area contributed by atoms with E-state index < -0.39 is 0 Å². The lowest BCUT2D eigenvalue weighted by Gasteiger charge is -2.62. The summed E-state index contributed by atoms with van der Waals surface area (Å²) in [5.74, 6) is 7.14. The van der Waals surface area contributed by atoms with Crippen LogP contribution in [0.5, 0.6) is 0 Å². The van der Waals surface area contributed by atoms with E-state index in [0.29, 0.717) is 6.04 Å². The molecule has 4 fully saturated rings. The largest absolute Gasteiger partial charge is 0.390 e. The van der Waals surface area contributed by atoms with Crippen molar-refractivity contribution in [3.05, 3.63) is 21.9 Å². The minimum absolute atomic E-state index is 0.0891. The van der Waals surface area contributed by atoms with Crippen LogP contribution in [0.4, 0.5) is 0 Å². The van der Waals surface area contributed by atoms with Crippen molar-refractivity contribution in [2.24, 2.45) is 17.3 Å². The predicted octanol–water partition coefficient (Wildman–Crippen LogP) is 2.90. The lowest BCUT2D eigenvalue weighted by molar-refractivity contribution is -0.172. The summed E-state index contributed by atoms with van der Waals surface area (Å²) in [6, 6.07) is 2.55. The van der Waals surface area contributed by atoms with Gasteiger partial charge in [0.05, 0.1) is 5.60 Å². The highest BCUT2D eigenvalue weighted by Gasteiger charge is 2.58. The van der Waals surface area contributed by atoms with Gasteiger partial charge in [0, 0.05) is 28.4 Å². The van der Waals surface area contributed by atoms with E-state index in [1.165, 1.54) is 24.1 Å². The molecule has 130 valence electrons. The molecule has 3 unspecified atom stereocenters. The van der Waals surface area contributed by atoms with Crippen molar-refractivity contribution in [1.82, 2.24) is 5.32 Å². The molecule has 1 aromatic rings. The van der Waals surface area contributed by atoms with E-state index in [4.69, 9.17) is 5.11 Å². The highest BCUT2D eigenvalue weighted by molar-refractivity contribution is 7.10. The van der Waals surface area contributed by atoms with E-state index >= 15 is 0 Å². The zero-order valence-corrected chi connectivity index (χ0v) is 15.2. The van der Waals surface area contributed by atoms with Gasteiger partial charge in [-0.1, -0.05) is 11.8 Å². The zero-order valence-electron chi connectivity index (χ0n) is 14.3. The van der Waals surface area contributed by atoms with Gasteiger partial charge in [0.1, 0.15) is 6.61 Å². The van der Waals surface area contributed by atoms with E-state index in [2.05, 4.69) is 35.5 Å². The van der Waals surface area contributed by atoms with Crippen LogP contribution < -0.4 is 5.32 Å². The Morgan fingerprint density at radius 3 is 2.75 bits per heavy atom. The number of rotatable bonds is 4. The number of nitrogens with one attached hydrogen (secondary N) is 1. The minimum Gasteiger partial charge on any atom is -0.390 e. The molecule has 3 nitrogen and oxygen atoms in total. The Balaban J connectivity index is 1.41. The van der Waals surface area contributed by atoms with Crippen LogP contribution >= 0.6 is 11.3 Å². The van der Waals surface area contributed by atoms with Gasteiger partial charge >= 0.3 is 0 Å². The summed E-state index contributed by atoms with van der Waals surface area (Å²) in [4.78, 5) is 1.28. The van der Waals surface area contributed by atoms with Crippen molar-refractivity contribution < 1.29 is 10.2 Å². The molecule has 0 saturated heterocycles. The van der Waals surface area contributed by atoms with Crippen LogP contribution in [-0.2, 0) is 6.54 Å². The summed E-state index contributed by atoms with van der Waals surface area (Å²) in [6.07, 6.45) is 6.98. The monoisotopic (exact) mass is 345 g/mol. The third-order valence-electron chi connectivity index (χ3n) is 6.54. The quantitative estimate of drug-likeness (QED) is 0.736. The first kappa shape index (κ1) is 16.6. The highest BCUT2D eigenvalue weighted by Crippen LogP contribution is 2.62. The first-order valence-corrected chi connectivity index (χ1v) is 10.0. The third-order valence-corrected chi connectivity index (χ3v) is 7.48. The van der Waals surface area contributed by atoms with E-state index in [0.717, 1.165) is 43.2 Å². The van der Waals surface area contributed by atoms with Crippen molar-refractivity contribution in [1.29, 1.82) is 0 Å². The van der Waals surface area contributed by atoms with Crippen LogP contribution in [0.3, 0.4) is 0 Å². The molecule has 4 saturated carbocycles. The molecule has 5 rings (SSSR count). The molecule has 1 heterocycles. The summed E-state index contributed by atoms with van der Waals surface area (Å²) >= 11 is 1.72. The van der Waals surface area contributed by atoms with E-state index in [1.54, 1.807) is 11.3 Å². The van der Waals surface area contributed by atoms with Gasteiger partial charge in [0.15, 0.2) is 0 Å². The van der Waals surface area contributed by atoms with Crippen LogP contribution in [0.1, 0.15) is 55.9 Å². The number of aliphatic hydroxyl groups is 2. The zero-order chi connectivity index (χ0) is 16.8. The first-order chi connectivity index (χ1) is 11.5. The van der Waals surface area contributed by atoms with Crippen molar-refractivity contribution in [2.75, 3.05) is 6.61 Å². The maximum atomic E-state index is 10.9. The summed E-state index contributed by atoms with van der Waals surface area (Å²) in [5.41, 5.74) is 0.897. The lowest BCUT2D eigenvalue weighted by atomic mass is 9.46. The van der Waals surface area contributed by atoms with Gasteiger partial charge in [-0.2, -0.15) is 0 Å². The van der Waals surface area contributed by atoms with Crippen LogP contribution in [0.2, 0.25) is 0 Å². The van der Waals surface area contributed by atoms with Crippen LogP contribution in [0.15, 0.2) is 11.4 Å². The van der Waals surface area contributed by atoms with Crippen molar-refractivity contribution in [3.8, 4) is 11.8 Å². The Labute approximate surface area is 148 Å². The SMILES string of the molecule is CC(NCc1cc(C#CCO)cs1)C12CC3CC(CC(O)(C3)C1)C2. The molecule has 0 spiro atoms. The Morgan fingerprint density at radius 1 is 1.33 bits per heavy atom. The number of hydrogen-bond acceptors (Lipinski definition) is 4. The van der Waals surface area contributed by atoms with Gasteiger partial charge in [-0.3, -0.25) is 0 Å². The molecule has 4 aliphatic carbocycles. The van der Waals surface area contributed by atoms with Gasteiger partial charge in [-0.15, -0.1) is 11.3 Å². The lowest BCUT2D eigenvalue weighted by Crippen LogP contribution is -2.61. The molecule has 4 aliphatic rings. The second kappa shape index (κ2) is 6.14. The van der Waals surface area contributed by atoms with Gasteiger partial charge in [-0.25, -0.2) is 0 Å². The van der Waals surface area contributed by atoms with Crippen molar-refractivity contribution in [2.45, 2.75) is 63.6 Å². The summed E-state index contributed by atoms with van der Waals surface area (Å²) in [7, 11) is 0. The summed E-state index contributed by atoms with van der Waals surface area (Å²) in [5, 5.41) is 25.5. The Bertz CT molecular complexity index is 657. The molecule has 0 radical (unpaired) electrons. The van der Waals surface area contributed by atoms with Gasteiger partial charge in [0.2, 0.25) is 0 Å².